The molecule has 0 atom stereocenters. The number of likely N-dealkylation sites (N-methyl/N-ethyl adjacent to an activating group) is 1. The van der Waals surface area contributed by atoms with Crippen molar-refractivity contribution in [3.8, 4) is 0 Å². The molecule has 1 rings (SSSR count). The number of nitrogens with one attached hydrogen (secondary N) is 2. The fraction of sp³-hybridized carbons (Fsp3) is 0.615. The van der Waals surface area contributed by atoms with Gasteiger partial charge in [0.1, 0.15) is 5.69 Å². The van der Waals surface area contributed by atoms with Crippen LogP contribution in [0.25, 0.3) is 0 Å². The number of hydrogen-bond acceptors (Lipinski definition) is 5. The van der Waals surface area contributed by atoms with Crippen molar-refractivity contribution in [2.24, 2.45) is 5.92 Å². The highest BCUT2D eigenvalue weighted by molar-refractivity contribution is 5.92. The fourth-order valence-electron chi connectivity index (χ4n) is 1.35. The monoisotopic (exact) mass is 265 g/mol. The third kappa shape index (κ3) is 6.15. The summed E-state index contributed by atoms with van der Waals surface area (Å²) in [5, 5.41) is 5.93. The lowest BCUT2D eigenvalue weighted by Crippen LogP contribution is -2.28. The van der Waals surface area contributed by atoms with Gasteiger partial charge < -0.3 is 15.5 Å². The number of aromatic nitrogens is 2. The lowest BCUT2D eigenvalue weighted by atomic mass is 10.2. The van der Waals surface area contributed by atoms with Crippen molar-refractivity contribution in [1.29, 1.82) is 0 Å². The number of carbonyl (C=O) groups excluding carboxylic acids is 1. The van der Waals surface area contributed by atoms with Gasteiger partial charge in [0.2, 0.25) is 5.95 Å². The van der Waals surface area contributed by atoms with E-state index in [-0.39, 0.29) is 5.91 Å². The van der Waals surface area contributed by atoms with Crippen LogP contribution in [0.1, 0.15) is 24.3 Å². The zero-order chi connectivity index (χ0) is 14.3. The summed E-state index contributed by atoms with van der Waals surface area (Å²) in [6, 6.07) is 1.62. The van der Waals surface area contributed by atoms with Gasteiger partial charge in [-0.2, -0.15) is 0 Å². The van der Waals surface area contributed by atoms with Gasteiger partial charge in [0.05, 0.1) is 0 Å². The largest absolute Gasteiger partial charge is 0.353 e. The van der Waals surface area contributed by atoms with Crippen LogP contribution in [0.15, 0.2) is 12.3 Å². The molecule has 6 nitrogen and oxygen atoms in total. The third-order valence-electron chi connectivity index (χ3n) is 2.40. The van der Waals surface area contributed by atoms with Gasteiger partial charge in [-0.3, -0.25) is 4.79 Å². The minimum absolute atomic E-state index is 0.160. The van der Waals surface area contributed by atoms with Gasteiger partial charge >= 0.3 is 0 Å². The Morgan fingerprint density at radius 2 is 2.16 bits per heavy atom. The van der Waals surface area contributed by atoms with E-state index in [0.717, 1.165) is 13.1 Å². The Morgan fingerprint density at radius 3 is 2.79 bits per heavy atom. The number of carbonyl (C=O) groups is 1. The van der Waals surface area contributed by atoms with E-state index >= 15 is 0 Å². The Labute approximate surface area is 114 Å². The summed E-state index contributed by atoms with van der Waals surface area (Å²) in [5.41, 5.74) is 0.392. The van der Waals surface area contributed by atoms with E-state index < -0.39 is 0 Å². The number of anilines is 1. The predicted octanol–water partition coefficient (Wildman–Crippen LogP) is 0.836. The van der Waals surface area contributed by atoms with E-state index in [9.17, 15) is 4.79 Å². The fourth-order valence-corrected chi connectivity index (χ4v) is 1.35. The highest BCUT2D eigenvalue weighted by Gasteiger charge is 2.08. The van der Waals surface area contributed by atoms with Crippen LogP contribution < -0.4 is 10.6 Å². The van der Waals surface area contributed by atoms with E-state index in [2.05, 4.69) is 39.3 Å². The van der Waals surface area contributed by atoms with Gasteiger partial charge in [-0.1, -0.05) is 13.8 Å². The molecule has 1 aromatic rings. The number of rotatable bonds is 7. The van der Waals surface area contributed by atoms with Gasteiger partial charge in [-0.25, -0.2) is 9.97 Å². The second-order valence-electron chi connectivity index (χ2n) is 5.10. The topological polar surface area (TPSA) is 70.2 Å². The van der Waals surface area contributed by atoms with Gasteiger partial charge in [-0.15, -0.1) is 0 Å². The molecule has 1 heterocycles. The molecule has 2 N–H and O–H groups in total. The van der Waals surface area contributed by atoms with Crippen molar-refractivity contribution in [3.05, 3.63) is 18.0 Å². The summed E-state index contributed by atoms with van der Waals surface area (Å²) in [6.45, 7) is 6.37. The summed E-state index contributed by atoms with van der Waals surface area (Å²) in [5.74, 6) is 0.745. The van der Waals surface area contributed by atoms with E-state index in [0.29, 0.717) is 24.1 Å². The first-order chi connectivity index (χ1) is 8.99. The van der Waals surface area contributed by atoms with Crippen LogP contribution in [0, 0.1) is 5.92 Å². The molecule has 0 saturated carbocycles. The predicted molar refractivity (Wildman–Crippen MR) is 76.2 cm³/mol. The Bertz CT molecular complexity index is 406. The van der Waals surface area contributed by atoms with E-state index in [1.165, 1.54) is 0 Å². The van der Waals surface area contributed by atoms with Crippen LogP contribution in [-0.4, -0.2) is 54.5 Å². The molecule has 19 heavy (non-hydrogen) atoms. The van der Waals surface area contributed by atoms with E-state index in [4.69, 9.17) is 0 Å². The first-order valence-corrected chi connectivity index (χ1v) is 6.49. The molecular formula is C13H23N5O. The van der Waals surface area contributed by atoms with Crippen LogP contribution in [0.4, 0.5) is 5.95 Å². The zero-order valence-electron chi connectivity index (χ0n) is 12.1. The van der Waals surface area contributed by atoms with Gasteiger partial charge in [0, 0.05) is 25.8 Å². The lowest BCUT2D eigenvalue weighted by molar-refractivity contribution is 0.0944. The van der Waals surface area contributed by atoms with Crippen molar-refractivity contribution < 1.29 is 4.79 Å². The first kappa shape index (κ1) is 15.4. The number of hydrogen-bond donors (Lipinski definition) is 2. The molecule has 0 aliphatic heterocycles. The van der Waals surface area contributed by atoms with Crippen molar-refractivity contribution >= 4 is 11.9 Å². The molecule has 1 aromatic heterocycles. The van der Waals surface area contributed by atoms with Crippen molar-refractivity contribution in [2.45, 2.75) is 13.8 Å². The number of amides is 1. The molecule has 0 spiro atoms. The summed E-state index contributed by atoms with van der Waals surface area (Å²) < 4.78 is 0. The Morgan fingerprint density at radius 1 is 1.42 bits per heavy atom. The highest BCUT2D eigenvalue weighted by atomic mass is 16.1. The van der Waals surface area contributed by atoms with Crippen LogP contribution >= 0.6 is 0 Å². The molecule has 0 aromatic carbocycles. The van der Waals surface area contributed by atoms with E-state index in [1.807, 2.05) is 14.1 Å². The Hall–Kier alpha value is -1.69. The molecule has 0 fully saturated rings. The van der Waals surface area contributed by atoms with Gasteiger partial charge in [0.15, 0.2) is 0 Å². The van der Waals surface area contributed by atoms with Gasteiger partial charge in [-0.05, 0) is 26.1 Å². The maximum atomic E-state index is 11.8. The molecule has 106 valence electrons. The molecule has 6 heteroatoms. The lowest BCUT2D eigenvalue weighted by Gasteiger charge is -2.11. The normalized spacial score (nSPS) is 10.8. The van der Waals surface area contributed by atoms with Crippen LogP contribution in [0.2, 0.25) is 0 Å². The molecule has 0 saturated heterocycles. The van der Waals surface area contributed by atoms with Crippen LogP contribution in [-0.2, 0) is 0 Å². The first-order valence-electron chi connectivity index (χ1n) is 6.49. The standard InChI is InChI=1S/C13H23N5O/c1-10(2)9-16-12(19)11-5-6-14-13(17-11)15-7-8-18(3)4/h5-6,10H,7-9H2,1-4H3,(H,16,19)(H,14,15,17). The van der Waals surface area contributed by atoms with Crippen LogP contribution in [0.3, 0.4) is 0 Å². The quantitative estimate of drug-likeness (QED) is 0.764. The smallest absolute Gasteiger partial charge is 0.270 e. The minimum atomic E-state index is -0.160. The second kappa shape index (κ2) is 7.68. The average molecular weight is 265 g/mol. The summed E-state index contributed by atoms with van der Waals surface area (Å²) in [7, 11) is 4.00. The second-order valence-corrected chi connectivity index (χ2v) is 5.10. The Kier molecular flexibility index (Phi) is 6.21. The molecule has 0 aliphatic rings. The Balaban J connectivity index is 2.53. The van der Waals surface area contributed by atoms with E-state index in [1.54, 1.807) is 12.3 Å². The summed E-state index contributed by atoms with van der Waals surface area (Å²) in [6.07, 6.45) is 1.59. The maximum absolute atomic E-state index is 11.8. The third-order valence-corrected chi connectivity index (χ3v) is 2.40. The molecular weight excluding hydrogens is 242 g/mol. The summed E-state index contributed by atoms with van der Waals surface area (Å²) >= 11 is 0. The molecule has 1 amide bonds. The number of nitrogens with zero attached hydrogens (tertiary/aromatic N) is 3. The molecule has 0 unspecified atom stereocenters. The van der Waals surface area contributed by atoms with Gasteiger partial charge in [0.25, 0.3) is 5.91 Å². The molecule has 0 aliphatic carbocycles. The van der Waals surface area contributed by atoms with Crippen molar-refractivity contribution in [1.82, 2.24) is 20.2 Å². The average Bonchev–Trinajstić information content (AvgIpc) is 2.36. The highest BCUT2D eigenvalue weighted by Crippen LogP contribution is 2.00. The molecule has 0 bridgehead atoms. The van der Waals surface area contributed by atoms with Crippen molar-refractivity contribution in [3.63, 3.8) is 0 Å². The maximum Gasteiger partial charge on any atom is 0.270 e. The SMILES string of the molecule is CC(C)CNC(=O)c1ccnc(NCCN(C)C)n1. The minimum Gasteiger partial charge on any atom is -0.353 e. The molecule has 0 radical (unpaired) electrons. The summed E-state index contributed by atoms with van der Waals surface area (Å²) in [4.78, 5) is 22.2. The van der Waals surface area contributed by atoms with Crippen molar-refractivity contribution in [2.75, 3.05) is 39.0 Å². The zero-order valence-corrected chi connectivity index (χ0v) is 12.1. The van der Waals surface area contributed by atoms with Crippen LogP contribution in [0.5, 0.6) is 0 Å².